The van der Waals surface area contributed by atoms with Gasteiger partial charge in [0.25, 0.3) is 11.6 Å². The van der Waals surface area contributed by atoms with E-state index in [0.29, 0.717) is 30.8 Å². The van der Waals surface area contributed by atoms with Gasteiger partial charge in [0.2, 0.25) is 0 Å². The number of furan rings is 1. The third-order valence-electron chi connectivity index (χ3n) is 3.32. The summed E-state index contributed by atoms with van der Waals surface area (Å²) >= 11 is 9.61. The normalized spacial score (nSPS) is 16.2. The van der Waals surface area contributed by atoms with Gasteiger partial charge in [-0.3, -0.25) is 19.8 Å². The highest BCUT2D eigenvalue weighted by Crippen LogP contribution is 2.35. The Balaban J connectivity index is 1.91. The van der Waals surface area contributed by atoms with Gasteiger partial charge in [-0.15, -0.1) is 0 Å². The van der Waals surface area contributed by atoms with E-state index in [1.807, 2.05) is 0 Å². The Kier molecular flexibility index (Phi) is 4.57. The Bertz CT molecular complexity index is 907. The maximum absolute atomic E-state index is 12.0. The summed E-state index contributed by atoms with van der Waals surface area (Å²) in [5.41, 5.74) is 0.673. The number of thioether (sulfide) groups is 1. The number of nitro benzene ring substituents is 1. The SMILES string of the molecule is CN1C(=O)C(=Cc2ccc(-c3ccc([N+](=O)[O-])cc3Br)o2)SC1=S. The number of hydrogen-bond donors (Lipinski definition) is 0. The zero-order valence-corrected chi connectivity index (χ0v) is 15.4. The zero-order valence-electron chi connectivity index (χ0n) is 12.2. The van der Waals surface area contributed by atoms with Crippen molar-refractivity contribution in [1.29, 1.82) is 0 Å². The average molecular weight is 425 g/mol. The van der Waals surface area contributed by atoms with Crippen molar-refractivity contribution < 1.29 is 14.1 Å². The fourth-order valence-corrected chi connectivity index (χ4v) is 3.79. The van der Waals surface area contributed by atoms with Gasteiger partial charge in [-0.2, -0.15) is 0 Å². The lowest BCUT2D eigenvalue weighted by molar-refractivity contribution is -0.384. The highest BCUT2D eigenvalue weighted by atomic mass is 79.9. The number of rotatable bonds is 3. The summed E-state index contributed by atoms with van der Waals surface area (Å²) < 4.78 is 6.78. The average Bonchev–Trinajstić information content (AvgIpc) is 3.08. The molecule has 0 N–H and O–H groups in total. The van der Waals surface area contributed by atoms with Gasteiger partial charge in [-0.1, -0.05) is 24.0 Å². The summed E-state index contributed by atoms with van der Waals surface area (Å²) in [6, 6.07) is 7.90. The van der Waals surface area contributed by atoms with Crippen LogP contribution in [-0.2, 0) is 4.79 Å². The molecule has 2 aromatic rings. The van der Waals surface area contributed by atoms with Crippen molar-refractivity contribution in [2.75, 3.05) is 7.05 Å². The Morgan fingerprint density at radius 3 is 2.71 bits per heavy atom. The number of thiocarbonyl (C=S) groups is 1. The van der Waals surface area contributed by atoms with Crippen molar-refractivity contribution in [3.63, 3.8) is 0 Å². The van der Waals surface area contributed by atoms with E-state index in [0.717, 1.165) is 0 Å². The summed E-state index contributed by atoms with van der Waals surface area (Å²) in [6.45, 7) is 0. The van der Waals surface area contributed by atoms with Crippen molar-refractivity contribution in [1.82, 2.24) is 4.90 Å². The first-order chi connectivity index (χ1) is 11.4. The van der Waals surface area contributed by atoms with E-state index in [1.165, 1.54) is 28.8 Å². The maximum atomic E-state index is 12.0. The lowest BCUT2D eigenvalue weighted by Crippen LogP contribution is -2.22. The van der Waals surface area contributed by atoms with Gasteiger partial charge in [-0.05, 0) is 34.1 Å². The molecule has 1 aromatic carbocycles. The molecule has 0 atom stereocenters. The van der Waals surface area contributed by atoms with Gasteiger partial charge < -0.3 is 4.42 Å². The van der Waals surface area contributed by atoms with Crippen molar-refractivity contribution in [3.05, 3.63) is 55.6 Å². The second kappa shape index (κ2) is 6.50. The molecule has 9 heteroatoms. The largest absolute Gasteiger partial charge is 0.457 e. The van der Waals surface area contributed by atoms with Gasteiger partial charge in [0.05, 0.1) is 9.83 Å². The molecule has 0 spiro atoms. The fraction of sp³-hybridized carbons (Fsp3) is 0.0667. The Morgan fingerprint density at radius 1 is 1.38 bits per heavy atom. The van der Waals surface area contributed by atoms with E-state index >= 15 is 0 Å². The number of nitro groups is 1. The van der Waals surface area contributed by atoms with E-state index in [1.54, 1.807) is 31.3 Å². The molecule has 2 heterocycles. The molecule has 0 radical (unpaired) electrons. The summed E-state index contributed by atoms with van der Waals surface area (Å²) in [5.74, 6) is 0.874. The molecule has 0 bridgehead atoms. The minimum atomic E-state index is -0.463. The highest BCUT2D eigenvalue weighted by molar-refractivity contribution is 9.10. The van der Waals surface area contributed by atoms with Crippen LogP contribution >= 0.6 is 39.9 Å². The molecular formula is C15H9BrN2O4S2. The van der Waals surface area contributed by atoms with Gasteiger partial charge in [0.1, 0.15) is 15.8 Å². The number of benzene rings is 1. The van der Waals surface area contributed by atoms with E-state index < -0.39 is 4.92 Å². The smallest absolute Gasteiger partial charge is 0.270 e. The van der Waals surface area contributed by atoms with Gasteiger partial charge in [-0.25, -0.2) is 0 Å². The minimum absolute atomic E-state index is 0.0102. The first-order valence-corrected chi connectivity index (χ1v) is 8.64. The Labute approximate surface area is 154 Å². The predicted molar refractivity (Wildman–Crippen MR) is 99.4 cm³/mol. The standard InChI is InChI=1S/C15H9BrN2O4S2/c1-17-14(19)13(24-15(17)23)7-9-3-5-12(22-9)10-4-2-8(18(20)21)6-11(10)16/h2-7H,1H3. The minimum Gasteiger partial charge on any atom is -0.457 e. The molecule has 1 aliphatic heterocycles. The fourth-order valence-electron chi connectivity index (χ4n) is 2.07. The molecule has 1 amide bonds. The van der Waals surface area contributed by atoms with Crippen LogP contribution in [0.4, 0.5) is 5.69 Å². The molecular weight excluding hydrogens is 416 g/mol. The van der Waals surface area contributed by atoms with Gasteiger partial charge >= 0.3 is 0 Å². The summed E-state index contributed by atoms with van der Waals surface area (Å²) in [6.07, 6.45) is 1.63. The Morgan fingerprint density at radius 2 is 2.12 bits per heavy atom. The van der Waals surface area contributed by atoms with Crippen LogP contribution in [0.2, 0.25) is 0 Å². The van der Waals surface area contributed by atoms with E-state index in [9.17, 15) is 14.9 Å². The second-order valence-corrected chi connectivity index (χ2v) is 7.39. The van der Waals surface area contributed by atoms with E-state index in [2.05, 4.69) is 15.9 Å². The monoisotopic (exact) mass is 424 g/mol. The molecule has 0 saturated carbocycles. The number of nitrogens with zero attached hydrogens (tertiary/aromatic N) is 2. The molecule has 1 aromatic heterocycles. The second-order valence-electron chi connectivity index (χ2n) is 4.86. The van der Waals surface area contributed by atoms with Crippen LogP contribution in [0, 0.1) is 10.1 Å². The molecule has 1 saturated heterocycles. The van der Waals surface area contributed by atoms with Crippen LogP contribution in [0.25, 0.3) is 17.4 Å². The quantitative estimate of drug-likeness (QED) is 0.313. The van der Waals surface area contributed by atoms with Crippen LogP contribution in [0.15, 0.2) is 44.1 Å². The number of carbonyl (C=O) groups is 1. The molecule has 122 valence electrons. The molecule has 1 aliphatic rings. The van der Waals surface area contributed by atoms with E-state index in [4.69, 9.17) is 16.6 Å². The molecule has 0 unspecified atom stereocenters. The number of non-ortho nitro benzene ring substituents is 1. The van der Waals surface area contributed by atoms with Crippen molar-refractivity contribution in [2.45, 2.75) is 0 Å². The summed E-state index contributed by atoms with van der Waals surface area (Å²) in [7, 11) is 1.63. The van der Waals surface area contributed by atoms with Crippen LogP contribution < -0.4 is 0 Å². The number of likely N-dealkylation sites (N-methyl/N-ethyl adjacent to an activating group) is 1. The van der Waals surface area contributed by atoms with E-state index in [-0.39, 0.29) is 11.6 Å². The van der Waals surface area contributed by atoms with Crippen LogP contribution in [0.3, 0.4) is 0 Å². The van der Waals surface area contributed by atoms with Gasteiger partial charge in [0, 0.05) is 35.3 Å². The third kappa shape index (κ3) is 3.14. The summed E-state index contributed by atoms with van der Waals surface area (Å²) in [4.78, 5) is 24.2. The number of carbonyl (C=O) groups excluding carboxylic acids is 1. The van der Waals surface area contributed by atoms with Crippen LogP contribution in [0.1, 0.15) is 5.76 Å². The number of amides is 1. The maximum Gasteiger partial charge on any atom is 0.270 e. The number of halogens is 1. The molecule has 6 nitrogen and oxygen atoms in total. The Hall–Kier alpha value is -1.97. The van der Waals surface area contributed by atoms with Crippen LogP contribution in [-0.4, -0.2) is 27.1 Å². The molecule has 3 rings (SSSR count). The third-order valence-corrected chi connectivity index (χ3v) is 5.46. The molecule has 0 aliphatic carbocycles. The van der Waals surface area contributed by atoms with Crippen molar-refractivity contribution in [2.24, 2.45) is 0 Å². The number of hydrogen-bond acceptors (Lipinski definition) is 6. The summed E-state index contributed by atoms with van der Waals surface area (Å²) in [5, 5.41) is 10.8. The van der Waals surface area contributed by atoms with Crippen molar-refractivity contribution in [3.8, 4) is 11.3 Å². The molecule has 24 heavy (non-hydrogen) atoms. The first-order valence-electron chi connectivity index (χ1n) is 6.62. The molecule has 1 fully saturated rings. The lowest BCUT2D eigenvalue weighted by atomic mass is 10.1. The van der Waals surface area contributed by atoms with Gasteiger partial charge in [0.15, 0.2) is 0 Å². The first kappa shape index (κ1) is 16.9. The zero-order chi connectivity index (χ0) is 17.4. The predicted octanol–water partition coefficient (Wildman–Crippen LogP) is 4.45. The highest BCUT2D eigenvalue weighted by Gasteiger charge is 2.29. The topological polar surface area (TPSA) is 76.6 Å². The lowest BCUT2D eigenvalue weighted by Gasteiger charge is -2.03. The van der Waals surface area contributed by atoms with Crippen molar-refractivity contribution >= 4 is 61.9 Å². The van der Waals surface area contributed by atoms with Crippen LogP contribution in [0.5, 0.6) is 0 Å².